The Balaban J connectivity index is 2.19. The van der Waals surface area contributed by atoms with Gasteiger partial charge in [-0.1, -0.05) is 6.58 Å². The van der Waals surface area contributed by atoms with Gasteiger partial charge in [-0.05, 0) is 32.9 Å². The van der Waals surface area contributed by atoms with E-state index in [-0.39, 0.29) is 5.97 Å². The second-order valence-corrected chi connectivity index (χ2v) is 3.43. The molecule has 1 fully saturated rings. The molecule has 74 valence electrons. The van der Waals surface area contributed by atoms with Crippen molar-refractivity contribution >= 4 is 5.97 Å². The molecule has 0 aromatic carbocycles. The van der Waals surface area contributed by atoms with Gasteiger partial charge in [-0.2, -0.15) is 0 Å². The number of carbonyl (C=O) groups is 1. The van der Waals surface area contributed by atoms with Crippen molar-refractivity contribution in [2.75, 3.05) is 19.7 Å². The van der Waals surface area contributed by atoms with Crippen molar-refractivity contribution in [1.29, 1.82) is 0 Å². The summed E-state index contributed by atoms with van der Waals surface area (Å²) in [5.74, 6) is -0.328. The van der Waals surface area contributed by atoms with Gasteiger partial charge in [-0.3, -0.25) is 4.90 Å². The largest absolute Gasteiger partial charge is 0.461 e. The van der Waals surface area contributed by atoms with E-state index in [1.54, 1.807) is 0 Å². The Morgan fingerprint density at radius 3 is 2.77 bits per heavy atom. The topological polar surface area (TPSA) is 29.5 Å². The molecule has 1 unspecified atom stereocenters. The monoisotopic (exact) mass is 183 g/mol. The highest BCUT2D eigenvalue weighted by Gasteiger charge is 2.18. The number of rotatable bonds is 4. The Hall–Kier alpha value is -0.830. The quantitative estimate of drug-likeness (QED) is 0.484. The first-order valence-electron chi connectivity index (χ1n) is 4.77. The summed E-state index contributed by atoms with van der Waals surface area (Å²) in [4.78, 5) is 13.1. The Morgan fingerprint density at radius 1 is 1.62 bits per heavy atom. The number of esters is 1. The number of hydrogen-bond acceptors (Lipinski definition) is 3. The van der Waals surface area contributed by atoms with Gasteiger partial charge in [-0.25, -0.2) is 4.79 Å². The molecule has 0 radical (unpaired) electrons. The van der Waals surface area contributed by atoms with E-state index in [2.05, 4.69) is 18.4 Å². The molecule has 13 heavy (non-hydrogen) atoms. The molecule has 1 saturated heterocycles. The average Bonchev–Trinajstić information content (AvgIpc) is 2.66. The molecule has 0 aromatic rings. The van der Waals surface area contributed by atoms with Gasteiger partial charge in [0.1, 0.15) is 6.61 Å². The van der Waals surface area contributed by atoms with Crippen LogP contribution in [0.5, 0.6) is 0 Å². The molecule has 0 N–H and O–H groups in total. The van der Waals surface area contributed by atoms with Crippen LogP contribution in [0.15, 0.2) is 12.7 Å². The van der Waals surface area contributed by atoms with Crippen LogP contribution < -0.4 is 0 Å². The molecule has 0 aromatic heterocycles. The maximum atomic E-state index is 10.8. The fourth-order valence-electron chi connectivity index (χ4n) is 1.55. The second kappa shape index (κ2) is 5.02. The van der Waals surface area contributed by atoms with Crippen LogP contribution in [0.1, 0.15) is 19.8 Å². The van der Waals surface area contributed by atoms with Crippen LogP contribution in [-0.2, 0) is 9.53 Å². The second-order valence-electron chi connectivity index (χ2n) is 3.43. The van der Waals surface area contributed by atoms with Gasteiger partial charge >= 0.3 is 5.97 Å². The van der Waals surface area contributed by atoms with E-state index in [1.165, 1.54) is 18.9 Å². The molecule has 0 saturated carbocycles. The summed E-state index contributed by atoms with van der Waals surface area (Å²) in [7, 11) is 0. The lowest BCUT2D eigenvalue weighted by Crippen LogP contribution is -2.34. The first-order valence-corrected chi connectivity index (χ1v) is 4.77. The lowest BCUT2D eigenvalue weighted by molar-refractivity contribution is -0.139. The third kappa shape index (κ3) is 3.19. The standard InChI is InChI=1S/C10H17NO2/c1-3-10(12)13-8-9(2)11-6-4-5-7-11/h3,9H,1,4-8H2,2H3. The zero-order chi connectivity index (χ0) is 9.68. The fourth-order valence-corrected chi connectivity index (χ4v) is 1.55. The van der Waals surface area contributed by atoms with Crippen molar-refractivity contribution in [3.05, 3.63) is 12.7 Å². The van der Waals surface area contributed by atoms with Crippen molar-refractivity contribution in [2.24, 2.45) is 0 Å². The average molecular weight is 183 g/mol. The van der Waals surface area contributed by atoms with Crippen LogP contribution in [0.3, 0.4) is 0 Å². The van der Waals surface area contributed by atoms with E-state index < -0.39 is 0 Å². The van der Waals surface area contributed by atoms with E-state index in [1.807, 2.05) is 0 Å². The normalized spacial score (nSPS) is 19.8. The van der Waals surface area contributed by atoms with Gasteiger partial charge in [-0.15, -0.1) is 0 Å². The third-order valence-electron chi connectivity index (χ3n) is 2.40. The van der Waals surface area contributed by atoms with Crippen molar-refractivity contribution in [1.82, 2.24) is 4.90 Å². The maximum absolute atomic E-state index is 10.8. The van der Waals surface area contributed by atoms with Crippen LogP contribution in [0, 0.1) is 0 Å². The zero-order valence-electron chi connectivity index (χ0n) is 8.16. The van der Waals surface area contributed by atoms with E-state index in [0.717, 1.165) is 13.1 Å². The molecule has 3 heteroatoms. The van der Waals surface area contributed by atoms with Gasteiger partial charge in [0.2, 0.25) is 0 Å². The summed E-state index contributed by atoms with van der Waals surface area (Å²) in [6, 6.07) is 0.339. The summed E-state index contributed by atoms with van der Waals surface area (Å²) >= 11 is 0. The Labute approximate surface area is 79.4 Å². The van der Waals surface area contributed by atoms with Crippen molar-refractivity contribution in [3.63, 3.8) is 0 Å². The number of nitrogens with zero attached hydrogens (tertiary/aromatic N) is 1. The highest BCUT2D eigenvalue weighted by molar-refractivity contribution is 5.81. The van der Waals surface area contributed by atoms with Gasteiger partial charge in [0.15, 0.2) is 0 Å². The Bertz CT molecular complexity index is 185. The van der Waals surface area contributed by atoms with Crippen molar-refractivity contribution in [2.45, 2.75) is 25.8 Å². The summed E-state index contributed by atoms with van der Waals surface area (Å²) in [5.41, 5.74) is 0. The Morgan fingerprint density at radius 2 is 2.23 bits per heavy atom. The smallest absolute Gasteiger partial charge is 0.330 e. The third-order valence-corrected chi connectivity index (χ3v) is 2.40. The predicted octanol–water partition coefficient (Wildman–Crippen LogP) is 1.20. The van der Waals surface area contributed by atoms with Gasteiger partial charge in [0, 0.05) is 12.1 Å². The molecule has 0 aliphatic carbocycles. The van der Waals surface area contributed by atoms with Crippen LogP contribution in [0.25, 0.3) is 0 Å². The lowest BCUT2D eigenvalue weighted by atomic mass is 10.3. The first kappa shape index (κ1) is 10.3. The zero-order valence-corrected chi connectivity index (χ0v) is 8.16. The Kier molecular flexibility index (Phi) is 3.96. The SMILES string of the molecule is C=CC(=O)OCC(C)N1CCCC1. The summed E-state index contributed by atoms with van der Waals surface area (Å²) in [6.45, 7) is 8.17. The van der Waals surface area contributed by atoms with E-state index in [9.17, 15) is 4.79 Å². The number of carbonyl (C=O) groups excluding carboxylic acids is 1. The molecule has 1 aliphatic rings. The number of hydrogen-bond donors (Lipinski definition) is 0. The molecule has 1 atom stereocenters. The van der Waals surface area contributed by atoms with Crippen molar-refractivity contribution in [3.8, 4) is 0 Å². The first-order chi connectivity index (χ1) is 6.24. The van der Waals surface area contributed by atoms with E-state index in [4.69, 9.17) is 4.74 Å². The molecule has 1 heterocycles. The fraction of sp³-hybridized carbons (Fsp3) is 0.700. The van der Waals surface area contributed by atoms with E-state index in [0.29, 0.717) is 12.6 Å². The van der Waals surface area contributed by atoms with Crippen LogP contribution >= 0.6 is 0 Å². The van der Waals surface area contributed by atoms with E-state index >= 15 is 0 Å². The molecule has 3 nitrogen and oxygen atoms in total. The molecule has 1 rings (SSSR count). The van der Waals surface area contributed by atoms with Crippen LogP contribution in [-0.4, -0.2) is 36.6 Å². The molecule has 0 spiro atoms. The molecule has 0 bridgehead atoms. The number of likely N-dealkylation sites (tertiary alicyclic amines) is 1. The van der Waals surface area contributed by atoms with Gasteiger partial charge in [0.05, 0.1) is 0 Å². The summed E-state index contributed by atoms with van der Waals surface area (Å²) < 4.78 is 4.97. The molecule has 0 amide bonds. The lowest BCUT2D eigenvalue weighted by Gasteiger charge is -2.22. The van der Waals surface area contributed by atoms with Gasteiger partial charge < -0.3 is 4.74 Å². The van der Waals surface area contributed by atoms with Crippen LogP contribution in [0.4, 0.5) is 0 Å². The molecular weight excluding hydrogens is 166 g/mol. The highest BCUT2D eigenvalue weighted by Crippen LogP contribution is 2.11. The molecular formula is C10H17NO2. The number of ether oxygens (including phenoxy) is 1. The highest BCUT2D eigenvalue weighted by atomic mass is 16.5. The maximum Gasteiger partial charge on any atom is 0.330 e. The minimum atomic E-state index is -0.328. The minimum Gasteiger partial charge on any atom is -0.461 e. The van der Waals surface area contributed by atoms with Gasteiger partial charge in [0.25, 0.3) is 0 Å². The van der Waals surface area contributed by atoms with Crippen molar-refractivity contribution < 1.29 is 9.53 Å². The molecule has 1 aliphatic heterocycles. The van der Waals surface area contributed by atoms with Crippen LogP contribution in [0.2, 0.25) is 0 Å². The summed E-state index contributed by atoms with van der Waals surface area (Å²) in [5, 5.41) is 0. The summed E-state index contributed by atoms with van der Waals surface area (Å²) in [6.07, 6.45) is 3.73. The predicted molar refractivity (Wildman–Crippen MR) is 51.4 cm³/mol. The minimum absolute atomic E-state index is 0.328.